The van der Waals surface area contributed by atoms with Gasteiger partial charge in [-0.05, 0) is 35.9 Å². The molecule has 3 heteroatoms. The summed E-state index contributed by atoms with van der Waals surface area (Å²) in [5, 5.41) is 18.1. The van der Waals surface area contributed by atoms with E-state index in [9.17, 15) is 0 Å². The van der Waals surface area contributed by atoms with E-state index in [-0.39, 0.29) is 0 Å². The van der Waals surface area contributed by atoms with E-state index >= 15 is 0 Å². The Hall–Kier alpha value is -0.795. The average molecular weight is 162 g/mol. The average Bonchev–Trinajstić information content (AvgIpc) is 2.49. The van der Waals surface area contributed by atoms with E-state index in [2.05, 4.69) is 6.07 Å². The molecule has 0 radical (unpaired) electrons. The van der Waals surface area contributed by atoms with E-state index in [4.69, 9.17) is 10.0 Å². The van der Waals surface area contributed by atoms with E-state index < -0.39 is 7.12 Å². The van der Waals surface area contributed by atoms with Crippen LogP contribution >= 0.6 is 0 Å². The zero-order chi connectivity index (χ0) is 8.55. The molecule has 1 aromatic rings. The van der Waals surface area contributed by atoms with Gasteiger partial charge in [-0.3, -0.25) is 0 Å². The fourth-order valence-electron chi connectivity index (χ4n) is 1.89. The lowest BCUT2D eigenvalue weighted by Crippen LogP contribution is -2.32. The second-order valence-corrected chi connectivity index (χ2v) is 3.21. The van der Waals surface area contributed by atoms with E-state index in [0.717, 1.165) is 24.8 Å². The largest absolute Gasteiger partial charge is 0.488 e. The zero-order valence-electron chi connectivity index (χ0n) is 6.83. The molecular formula is C9H11BO2. The first-order valence-electron chi connectivity index (χ1n) is 4.26. The fourth-order valence-corrected chi connectivity index (χ4v) is 1.89. The third-order valence-corrected chi connectivity index (χ3v) is 2.46. The molecule has 0 saturated carbocycles. The summed E-state index contributed by atoms with van der Waals surface area (Å²) < 4.78 is 0. The van der Waals surface area contributed by atoms with Crippen molar-refractivity contribution in [1.82, 2.24) is 0 Å². The minimum Gasteiger partial charge on any atom is -0.423 e. The molecule has 2 N–H and O–H groups in total. The molecule has 2 rings (SSSR count). The molecule has 62 valence electrons. The number of rotatable bonds is 1. The number of aryl methyl sites for hydroxylation is 1. The van der Waals surface area contributed by atoms with Gasteiger partial charge in [0.05, 0.1) is 0 Å². The first-order valence-corrected chi connectivity index (χ1v) is 4.26. The van der Waals surface area contributed by atoms with Crippen LogP contribution in [-0.2, 0) is 12.8 Å². The summed E-state index contributed by atoms with van der Waals surface area (Å²) in [6, 6.07) is 5.74. The zero-order valence-corrected chi connectivity index (χ0v) is 6.83. The Kier molecular flexibility index (Phi) is 1.91. The second-order valence-electron chi connectivity index (χ2n) is 3.21. The van der Waals surface area contributed by atoms with Crippen molar-refractivity contribution < 1.29 is 10.0 Å². The van der Waals surface area contributed by atoms with Crippen molar-refractivity contribution in [2.45, 2.75) is 19.3 Å². The van der Waals surface area contributed by atoms with Crippen molar-refractivity contribution in [3.05, 3.63) is 29.3 Å². The summed E-state index contributed by atoms with van der Waals surface area (Å²) in [6.45, 7) is 0. The Bertz CT molecular complexity index is 297. The van der Waals surface area contributed by atoms with Crippen molar-refractivity contribution in [1.29, 1.82) is 0 Å². The first-order chi connectivity index (χ1) is 5.79. The van der Waals surface area contributed by atoms with Crippen molar-refractivity contribution in [3.8, 4) is 0 Å². The molecular weight excluding hydrogens is 151 g/mol. The molecule has 0 fully saturated rings. The van der Waals surface area contributed by atoms with Crippen LogP contribution < -0.4 is 5.46 Å². The van der Waals surface area contributed by atoms with Gasteiger partial charge < -0.3 is 10.0 Å². The highest BCUT2D eigenvalue weighted by Gasteiger charge is 2.20. The SMILES string of the molecule is OB(O)c1cccc2c1CCC2. The summed E-state index contributed by atoms with van der Waals surface area (Å²) >= 11 is 0. The van der Waals surface area contributed by atoms with Crippen LogP contribution in [0.4, 0.5) is 0 Å². The Morgan fingerprint density at radius 2 is 2.00 bits per heavy atom. The Labute approximate surface area is 72.0 Å². The topological polar surface area (TPSA) is 40.5 Å². The lowest BCUT2D eigenvalue weighted by atomic mass is 9.76. The molecule has 1 aromatic carbocycles. The Balaban J connectivity index is 2.49. The minimum absolute atomic E-state index is 0.685. The standard InChI is InChI=1S/C9H11BO2/c11-10(12)9-6-2-4-7-3-1-5-8(7)9/h2,4,6,11-12H,1,3,5H2. The van der Waals surface area contributed by atoms with Gasteiger partial charge in [0, 0.05) is 0 Å². The maximum Gasteiger partial charge on any atom is 0.488 e. The maximum absolute atomic E-state index is 9.04. The highest BCUT2D eigenvalue weighted by atomic mass is 16.4. The Morgan fingerprint density at radius 1 is 1.17 bits per heavy atom. The van der Waals surface area contributed by atoms with Crippen LogP contribution in [0.3, 0.4) is 0 Å². The fraction of sp³-hybridized carbons (Fsp3) is 0.333. The summed E-state index contributed by atoms with van der Waals surface area (Å²) in [5.41, 5.74) is 3.11. The van der Waals surface area contributed by atoms with Gasteiger partial charge in [-0.25, -0.2) is 0 Å². The minimum atomic E-state index is -1.31. The smallest absolute Gasteiger partial charge is 0.423 e. The number of hydrogen-bond donors (Lipinski definition) is 2. The molecule has 0 atom stereocenters. The monoisotopic (exact) mass is 162 g/mol. The van der Waals surface area contributed by atoms with Gasteiger partial charge in [0.15, 0.2) is 0 Å². The van der Waals surface area contributed by atoms with Gasteiger partial charge in [0.25, 0.3) is 0 Å². The molecule has 0 spiro atoms. The van der Waals surface area contributed by atoms with E-state index in [1.165, 1.54) is 5.56 Å². The number of benzene rings is 1. The van der Waals surface area contributed by atoms with Crippen LogP contribution in [-0.4, -0.2) is 17.2 Å². The predicted octanol–water partition coefficient (Wildman–Crippen LogP) is -0.145. The third kappa shape index (κ3) is 1.15. The normalized spacial score (nSPS) is 14.5. The quantitative estimate of drug-likeness (QED) is 0.564. The van der Waals surface area contributed by atoms with Gasteiger partial charge in [0.1, 0.15) is 0 Å². The molecule has 0 saturated heterocycles. The van der Waals surface area contributed by atoms with Gasteiger partial charge in [-0.15, -0.1) is 0 Å². The molecule has 1 aliphatic rings. The molecule has 2 nitrogen and oxygen atoms in total. The van der Waals surface area contributed by atoms with Crippen LogP contribution in [0.5, 0.6) is 0 Å². The van der Waals surface area contributed by atoms with Crippen LogP contribution in [0.1, 0.15) is 17.5 Å². The number of fused-ring (bicyclic) bond motifs is 1. The van der Waals surface area contributed by atoms with Crippen molar-refractivity contribution in [2.75, 3.05) is 0 Å². The second kappa shape index (κ2) is 2.92. The lowest BCUT2D eigenvalue weighted by molar-refractivity contribution is 0.425. The van der Waals surface area contributed by atoms with Crippen LogP contribution in [0.15, 0.2) is 18.2 Å². The van der Waals surface area contributed by atoms with Crippen molar-refractivity contribution >= 4 is 12.6 Å². The molecule has 0 amide bonds. The summed E-state index contributed by atoms with van der Waals surface area (Å²) in [4.78, 5) is 0. The molecule has 0 unspecified atom stereocenters. The Morgan fingerprint density at radius 3 is 2.75 bits per heavy atom. The summed E-state index contributed by atoms with van der Waals surface area (Å²) in [5.74, 6) is 0. The van der Waals surface area contributed by atoms with Gasteiger partial charge in [-0.2, -0.15) is 0 Å². The first kappa shape index (κ1) is 7.83. The number of hydrogen-bond acceptors (Lipinski definition) is 2. The van der Waals surface area contributed by atoms with Gasteiger partial charge in [0.2, 0.25) is 0 Å². The van der Waals surface area contributed by atoms with Gasteiger partial charge in [-0.1, -0.05) is 18.2 Å². The third-order valence-electron chi connectivity index (χ3n) is 2.46. The lowest BCUT2D eigenvalue weighted by Gasteiger charge is -2.05. The molecule has 1 aliphatic carbocycles. The van der Waals surface area contributed by atoms with E-state index in [0.29, 0.717) is 5.46 Å². The predicted molar refractivity (Wildman–Crippen MR) is 48.3 cm³/mol. The molecule has 12 heavy (non-hydrogen) atoms. The summed E-state index contributed by atoms with van der Waals surface area (Å²) in [7, 11) is -1.31. The molecule has 0 bridgehead atoms. The molecule has 0 aromatic heterocycles. The van der Waals surface area contributed by atoms with Gasteiger partial charge >= 0.3 is 7.12 Å². The van der Waals surface area contributed by atoms with E-state index in [1.807, 2.05) is 6.07 Å². The van der Waals surface area contributed by atoms with Crippen LogP contribution in [0, 0.1) is 0 Å². The summed E-state index contributed by atoms with van der Waals surface area (Å²) in [6.07, 6.45) is 3.21. The van der Waals surface area contributed by atoms with E-state index in [1.54, 1.807) is 6.07 Å². The van der Waals surface area contributed by atoms with Crippen LogP contribution in [0.25, 0.3) is 0 Å². The highest BCUT2D eigenvalue weighted by Crippen LogP contribution is 2.19. The molecule has 0 heterocycles. The highest BCUT2D eigenvalue weighted by molar-refractivity contribution is 6.59. The maximum atomic E-state index is 9.04. The van der Waals surface area contributed by atoms with Crippen molar-refractivity contribution in [3.63, 3.8) is 0 Å². The molecule has 0 aliphatic heterocycles. The van der Waals surface area contributed by atoms with Crippen LogP contribution in [0.2, 0.25) is 0 Å². The van der Waals surface area contributed by atoms with Crippen molar-refractivity contribution in [2.24, 2.45) is 0 Å².